The molecule has 19 heavy (non-hydrogen) atoms. The first-order valence-electron chi connectivity index (χ1n) is 6.46. The van der Waals surface area contributed by atoms with Crippen LogP contribution in [0.2, 0.25) is 5.02 Å². The fourth-order valence-electron chi connectivity index (χ4n) is 2.70. The summed E-state index contributed by atoms with van der Waals surface area (Å²) in [5.41, 5.74) is 3.85. The Bertz CT molecular complexity index is 654. The maximum absolute atomic E-state index is 11.8. The summed E-state index contributed by atoms with van der Waals surface area (Å²) in [6.07, 6.45) is 6.62. The van der Waals surface area contributed by atoms with Gasteiger partial charge in [-0.1, -0.05) is 11.6 Å². The third-order valence-electron chi connectivity index (χ3n) is 3.71. The van der Waals surface area contributed by atoms with Gasteiger partial charge < -0.3 is 4.57 Å². The van der Waals surface area contributed by atoms with Crippen molar-refractivity contribution in [2.45, 2.75) is 32.7 Å². The number of fused-ring (bicyclic) bond motifs is 1. The van der Waals surface area contributed by atoms with Gasteiger partial charge in [0.1, 0.15) is 0 Å². The SMILES string of the molecule is Cc1nn(C)c(Cn2cc3c(c2)C(=O)CCC3)c1Cl. The van der Waals surface area contributed by atoms with Crippen LogP contribution in [0.25, 0.3) is 0 Å². The summed E-state index contributed by atoms with van der Waals surface area (Å²) in [7, 11) is 1.89. The average Bonchev–Trinajstić information content (AvgIpc) is 2.88. The number of aromatic nitrogens is 3. The Morgan fingerprint density at radius 1 is 1.37 bits per heavy atom. The topological polar surface area (TPSA) is 39.8 Å². The zero-order valence-electron chi connectivity index (χ0n) is 11.1. The van der Waals surface area contributed by atoms with Gasteiger partial charge in [0, 0.05) is 31.4 Å². The predicted molar refractivity (Wildman–Crippen MR) is 73.8 cm³/mol. The van der Waals surface area contributed by atoms with Crippen LogP contribution in [-0.4, -0.2) is 20.1 Å². The maximum atomic E-state index is 11.8. The van der Waals surface area contributed by atoms with E-state index in [1.165, 1.54) is 0 Å². The molecule has 3 rings (SSSR count). The monoisotopic (exact) mass is 277 g/mol. The molecule has 2 heterocycles. The van der Waals surface area contributed by atoms with Crippen LogP contribution >= 0.6 is 11.6 Å². The van der Waals surface area contributed by atoms with Gasteiger partial charge >= 0.3 is 0 Å². The van der Waals surface area contributed by atoms with E-state index in [-0.39, 0.29) is 5.78 Å². The number of Topliss-reactive ketones (excluding diaryl/α,β-unsaturated/α-hetero) is 1. The highest BCUT2D eigenvalue weighted by molar-refractivity contribution is 6.31. The second-order valence-corrected chi connectivity index (χ2v) is 5.49. The van der Waals surface area contributed by atoms with Gasteiger partial charge in [0.05, 0.1) is 23.0 Å². The van der Waals surface area contributed by atoms with E-state index >= 15 is 0 Å². The van der Waals surface area contributed by atoms with Crippen LogP contribution in [0.5, 0.6) is 0 Å². The molecule has 1 aliphatic rings. The average molecular weight is 278 g/mol. The molecule has 0 amide bonds. The number of carbonyl (C=O) groups excluding carboxylic acids is 1. The number of ketones is 1. The molecule has 2 aromatic heterocycles. The summed E-state index contributed by atoms with van der Waals surface area (Å²) in [5, 5.41) is 5.02. The Hall–Kier alpha value is -1.55. The Labute approximate surface area is 117 Å². The molecule has 0 aromatic carbocycles. The second-order valence-electron chi connectivity index (χ2n) is 5.12. The molecule has 0 unspecified atom stereocenters. The van der Waals surface area contributed by atoms with E-state index in [1.54, 1.807) is 4.68 Å². The lowest BCUT2D eigenvalue weighted by atomic mass is 9.95. The van der Waals surface area contributed by atoms with Crippen LogP contribution in [0.15, 0.2) is 12.4 Å². The van der Waals surface area contributed by atoms with E-state index in [4.69, 9.17) is 11.6 Å². The molecule has 0 spiro atoms. The van der Waals surface area contributed by atoms with Gasteiger partial charge in [0.25, 0.3) is 0 Å². The van der Waals surface area contributed by atoms with Crippen molar-refractivity contribution in [1.82, 2.24) is 14.3 Å². The van der Waals surface area contributed by atoms with Crippen LogP contribution in [0.4, 0.5) is 0 Å². The van der Waals surface area contributed by atoms with Crippen molar-refractivity contribution < 1.29 is 4.79 Å². The lowest BCUT2D eigenvalue weighted by molar-refractivity contribution is 0.0973. The Kier molecular flexibility index (Phi) is 2.97. The van der Waals surface area contributed by atoms with Crippen LogP contribution in [0, 0.1) is 6.92 Å². The number of nitrogens with zero attached hydrogens (tertiary/aromatic N) is 3. The summed E-state index contributed by atoms with van der Waals surface area (Å²) < 4.78 is 3.84. The highest BCUT2D eigenvalue weighted by atomic mass is 35.5. The van der Waals surface area contributed by atoms with Crippen LogP contribution in [-0.2, 0) is 20.0 Å². The van der Waals surface area contributed by atoms with Gasteiger partial charge in [-0.3, -0.25) is 9.48 Å². The Morgan fingerprint density at radius 3 is 2.79 bits per heavy atom. The predicted octanol–water partition coefficient (Wildman–Crippen LogP) is 2.75. The molecule has 0 saturated carbocycles. The summed E-state index contributed by atoms with van der Waals surface area (Å²) >= 11 is 6.26. The molecule has 0 bridgehead atoms. The molecule has 0 saturated heterocycles. The largest absolute Gasteiger partial charge is 0.347 e. The van der Waals surface area contributed by atoms with Crippen molar-refractivity contribution in [3.63, 3.8) is 0 Å². The van der Waals surface area contributed by atoms with Gasteiger partial charge in [0.2, 0.25) is 0 Å². The number of hydrogen-bond donors (Lipinski definition) is 0. The molecule has 0 fully saturated rings. The third kappa shape index (κ3) is 2.10. The van der Waals surface area contributed by atoms with Crippen molar-refractivity contribution in [1.29, 1.82) is 0 Å². The molecule has 2 aromatic rings. The fraction of sp³-hybridized carbons (Fsp3) is 0.429. The van der Waals surface area contributed by atoms with Crippen LogP contribution < -0.4 is 0 Å². The van der Waals surface area contributed by atoms with Gasteiger partial charge in [-0.2, -0.15) is 5.10 Å². The van der Waals surface area contributed by atoms with Gasteiger partial charge in [-0.15, -0.1) is 0 Å². The molecular weight excluding hydrogens is 262 g/mol. The molecule has 0 N–H and O–H groups in total. The molecule has 1 aliphatic carbocycles. The first kappa shape index (κ1) is 12.5. The number of hydrogen-bond acceptors (Lipinski definition) is 2. The summed E-state index contributed by atoms with van der Waals surface area (Å²) in [4.78, 5) is 11.8. The van der Waals surface area contributed by atoms with Crippen LogP contribution in [0.3, 0.4) is 0 Å². The number of carbonyl (C=O) groups is 1. The maximum Gasteiger partial charge on any atom is 0.164 e. The first-order chi connectivity index (χ1) is 9.06. The van der Waals surface area contributed by atoms with Crippen molar-refractivity contribution >= 4 is 17.4 Å². The summed E-state index contributed by atoms with van der Waals surface area (Å²) in [5.74, 6) is 0.257. The van der Waals surface area contributed by atoms with Crippen molar-refractivity contribution in [3.05, 3.63) is 39.9 Å². The Morgan fingerprint density at radius 2 is 2.16 bits per heavy atom. The molecule has 4 nitrogen and oxygen atoms in total. The number of halogens is 1. The lowest BCUT2D eigenvalue weighted by Gasteiger charge is -2.07. The van der Waals surface area contributed by atoms with E-state index in [0.717, 1.165) is 35.4 Å². The van der Waals surface area contributed by atoms with Crippen LogP contribution in [0.1, 0.15) is 40.2 Å². The molecule has 0 atom stereocenters. The first-order valence-corrected chi connectivity index (χ1v) is 6.84. The number of rotatable bonds is 2. The molecular formula is C14H16ClN3O. The van der Waals surface area contributed by atoms with E-state index in [0.29, 0.717) is 18.0 Å². The standard InChI is InChI=1S/C14H16ClN3O/c1-9-14(15)12(17(2)16-9)8-18-6-10-4-3-5-13(19)11(10)7-18/h6-7H,3-5,8H2,1-2H3. The summed E-state index contributed by atoms with van der Waals surface area (Å²) in [6, 6.07) is 0. The molecule has 0 aliphatic heterocycles. The normalized spacial score (nSPS) is 14.8. The quantitative estimate of drug-likeness (QED) is 0.847. The zero-order chi connectivity index (χ0) is 13.6. The molecule has 5 heteroatoms. The van der Waals surface area contributed by atoms with Crippen molar-refractivity contribution in [3.8, 4) is 0 Å². The smallest absolute Gasteiger partial charge is 0.164 e. The molecule has 100 valence electrons. The van der Waals surface area contributed by atoms with Gasteiger partial charge in [-0.25, -0.2) is 0 Å². The minimum Gasteiger partial charge on any atom is -0.347 e. The van der Waals surface area contributed by atoms with Crippen molar-refractivity contribution in [2.24, 2.45) is 7.05 Å². The van der Waals surface area contributed by atoms with E-state index in [1.807, 2.05) is 24.7 Å². The van der Waals surface area contributed by atoms with E-state index in [2.05, 4.69) is 11.3 Å². The Balaban J connectivity index is 1.94. The zero-order valence-corrected chi connectivity index (χ0v) is 11.9. The minimum atomic E-state index is 0.257. The lowest BCUT2D eigenvalue weighted by Crippen LogP contribution is -2.07. The van der Waals surface area contributed by atoms with Gasteiger partial charge in [0.15, 0.2) is 5.78 Å². The number of aryl methyl sites for hydroxylation is 3. The summed E-state index contributed by atoms with van der Waals surface area (Å²) in [6.45, 7) is 2.55. The second kappa shape index (κ2) is 4.53. The highest BCUT2D eigenvalue weighted by Crippen LogP contribution is 2.24. The minimum absolute atomic E-state index is 0.257. The fourth-order valence-corrected chi connectivity index (χ4v) is 2.92. The van der Waals surface area contributed by atoms with Gasteiger partial charge in [-0.05, 0) is 25.3 Å². The molecule has 0 radical (unpaired) electrons. The highest BCUT2D eigenvalue weighted by Gasteiger charge is 2.20. The third-order valence-corrected chi connectivity index (χ3v) is 4.20. The van der Waals surface area contributed by atoms with E-state index in [9.17, 15) is 4.79 Å². The van der Waals surface area contributed by atoms with Crippen molar-refractivity contribution in [2.75, 3.05) is 0 Å². The van der Waals surface area contributed by atoms with E-state index < -0.39 is 0 Å².